The molecule has 3 aromatic carbocycles. The SMILES string of the molecule is CCCOC(=O)c1ccc(N2C(=O)C(Sc3ccccc3)=C(c3ccccc3)C2=O)cc1. The van der Waals surface area contributed by atoms with Gasteiger partial charge in [-0.05, 0) is 48.4 Å². The van der Waals surface area contributed by atoms with Gasteiger partial charge in [0.05, 0.1) is 28.3 Å². The first kappa shape index (κ1) is 21.6. The Bertz CT molecular complexity index is 1170. The molecule has 0 spiro atoms. The molecule has 1 aliphatic rings. The molecule has 5 nitrogen and oxygen atoms in total. The van der Waals surface area contributed by atoms with E-state index < -0.39 is 5.97 Å². The van der Waals surface area contributed by atoms with Crippen molar-refractivity contribution in [1.82, 2.24) is 0 Å². The highest BCUT2D eigenvalue weighted by molar-refractivity contribution is 8.04. The molecule has 4 rings (SSSR count). The molecular weight excluding hydrogens is 422 g/mol. The summed E-state index contributed by atoms with van der Waals surface area (Å²) >= 11 is 1.28. The van der Waals surface area contributed by atoms with Gasteiger partial charge in [0.1, 0.15) is 0 Å². The van der Waals surface area contributed by atoms with Crippen LogP contribution >= 0.6 is 11.8 Å². The summed E-state index contributed by atoms with van der Waals surface area (Å²) in [5.74, 6) is -1.20. The van der Waals surface area contributed by atoms with Gasteiger partial charge in [0.15, 0.2) is 0 Å². The molecule has 0 N–H and O–H groups in total. The molecule has 0 bridgehead atoms. The maximum Gasteiger partial charge on any atom is 0.338 e. The number of carbonyl (C=O) groups excluding carboxylic acids is 3. The average molecular weight is 444 g/mol. The minimum absolute atomic E-state index is 0.341. The fourth-order valence-electron chi connectivity index (χ4n) is 3.33. The summed E-state index contributed by atoms with van der Waals surface area (Å²) in [6.45, 7) is 2.26. The van der Waals surface area contributed by atoms with Crippen LogP contribution in [-0.4, -0.2) is 24.4 Å². The van der Waals surface area contributed by atoms with Crippen molar-refractivity contribution in [2.45, 2.75) is 18.2 Å². The molecule has 0 aromatic heterocycles. The van der Waals surface area contributed by atoms with Crippen molar-refractivity contribution >= 4 is 40.8 Å². The molecule has 32 heavy (non-hydrogen) atoms. The molecule has 160 valence electrons. The molecule has 1 aliphatic heterocycles. The lowest BCUT2D eigenvalue weighted by molar-refractivity contribution is -0.119. The summed E-state index contributed by atoms with van der Waals surface area (Å²) in [6, 6.07) is 25.0. The van der Waals surface area contributed by atoms with Gasteiger partial charge in [-0.3, -0.25) is 9.59 Å². The van der Waals surface area contributed by atoms with Crippen LogP contribution in [0.5, 0.6) is 0 Å². The van der Waals surface area contributed by atoms with E-state index in [9.17, 15) is 14.4 Å². The number of amides is 2. The molecule has 0 unspecified atom stereocenters. The average Bonchev–Trinajstić information content (AvgIpc) is 3.08. The van der Waals surface area contributed by atoms with Gasteiger partial charge in [0.2, 0.25) is 0 Å². The Kier molecular flexibility index (Phi) is 6.52. The molecule has 0 saturated heterocycles. The zero-order chi connectivity index (χ0) is 22.5. The molecule has 0 fully saturated rings. The van der Waals surface area contributed by atoms with Crippen LogP contribution in [-0.2, 0) is 14.3 Å². The van der Waals surface area contributed by atoms with Gasteiger partial charge in [-0.2, -0.15) is 0 Å². The van der Waals surface area contributed by atoms with E-state index in [1.807, 2.05) is 67.6 Å². The van der Waals surface area contributed by atoms with Gasteiger partial charge in [-0.1, -0.05) is 67.2 Å². The maximum atomic E-state index is 13.4. The van der Waals surface area contributed by atoms with E-state index >= 15 is 0 Å². The maximum absolute atomic E-state index is 13.4. The van der Waals surface area contributed by atoms with Gasteiger partial charge in [-0.15, -0.1) is 0 Å². The van der Waals surface area contributed by atoms with Gasteiger partial charge < -0.3 is 4.74 Å². The third-order valence-corrected chi connectivity index (χ3v) is 5.96. The Morgan fingerprint density at radius 1 is 0.844 bits per heavy atom. The minimum atomic E-state index is -0.430. The van der Waals surface area contributed by atoms with Crippen LogP contribution in [0.3, 0.4) is 0 Å². The number of rotatable bonds is 7. The lowest BCUT2D eigenvalue weighted by atomic mass is 10.1. The summed E-state index contributed by atoms with van der Waals surface area (Å²) in [7, 11) is 0. The van der Waals surface area contributed by atoms with E-state index in [4.69, 9.17) is 4.74 Å². The molecule has 3 aromatic rings. The van der Waals surface area contributed by atoms with E-state index in [-0.39, 0.29) is 11.8 Å². The van der Waals surface area contributed by atoms with Gasteiger partial charge >= 0.3 is 5.97 Å². The second kappa shape index (κ2) is 9.66. The summed E-state index contributed by atoms with van der Waals surface area (Å²) in [5.41, 5.74) is 1.84. The normalized spacial score (nSPS) is 13.6. The zero-order valence-corrected chi connectivity index (χ0v) is 18.3. The molecule has 0 radical (unpaired) electrons. The highest BCUT2D eigenvalue weighted by Crippen LogP contribution is 2.41. The van der Waals surface area contributed by atoms with Crippen LogP contribution in [0.15, 0.2) is 94.7 Å². The third-order valence-electron chi connectivity index (χ3n) is 4.87. The van der Waals surface area contributed by atoms with Crippen LogP contribution in [0.1, 0.15) is 29.3 Å². The predicted octanol–water partition coefficient (Wildman–Crippen LogP) is 5.33. The highest BCUT2D eigenvalue weighted by Gasteiger charge is 2.40. The van der Waals surface area contributed by atoms with Crippen molar-refractivity contribution in [2.24, 2.45) is 0 Å². The van der Waals surface area contributed by atoms with Crippen molar-refractivity contribution in [3.63, 3.8) is 0 Å². The Morgan fingerprint density at radius 3 is 2.09 bits per heavy atom. The second-order valence-electron chi connectivity index (χ2n) is 7.11. The van der Waals surface area contributed by atoms with Crippen LogP contribution in [0, 0.1) is 0 Å². The standard InChI is InChI=1S/C26H21NO4S/c1-2-17-31-26(30)19-13-15-20(16-14-19)27-24(28)22(18-9-5-3-6-10-18)23(25(27)29)32-21-11-7-4-8-12-21/h3-16H,2,17H2,1H3. The first-order valence-electron chi connectivity index (χ1n) is 10.3. The van der Waals surface area contributed by atoms with Gasteiger partial charge in [0.25, 0.3) is 11.8 Å². The van der Waals surface area contributed by atoms with Crippen LogP contribution in [0.4, 0.5) is 5.69 Å². The number of imide groups is 1. The van der Waals surface area contributed by atoms with Crippen LogP contribution in [0.2, 0.25) is 0 Å². The molecular formula is C26H21NO4S. The molecule has 1 heterocycles. The zero-order valence-electron chi connectivity index (χ0n) is 17.5. The molecule has 6 heteroatoms. The Labute approximate surface area is 190 Å². The first-order chi connectivity index (χ1) is 15.6. The van der Waals surface area contributed by atoms with E-state index in [1.54, 1.807) is 24.3 Å². The van der Waals surface area contributed by atoms with E-state index in [0.717, 1.165) is 16.2 Å². The van der Waals surface area contributed by atoms with Crippen molar-refractivity contribution in [2.75, 3.05) is 11.5 Å². The lowest BCUT2D eigenvalue weighted by Crippen LogP contribution is -2.31. The smallest absolute Gasteiger partial charge is 0.338 e. The Hall–Kier alpha value is -3.64. The largest absolute Gasteiger partial charge is 0.462 e. The number of carbonyl (C=O) groups is 3. The number of benzene rings is 3. The predicted molar refractivity (Wildman–Crippen MR) is 125 cm³/mol. The number of ether oxygens (including phenoxy) is 1. The summed E-state index contributed by atoms with van der Waals surface area (Å²) in [6.07, 6.45) is 0.733. The number of thioether (sulfide) groups is 1. The van der Waals surface area contributed by atoms with E-state index in [1.165, 1.54) is 11.8 Å². The quantitative estimate of drug-likeness (QED) is 0.365. The lowest BCUT2D eigenvalue weighted by Gasteiger charge is -2.15. The van der Waals surface area contributed by atoms with Crippen molar-refractivity contribution in [3.05, 3.63) is 101 Å². The monoisotopic (exact) mass is 443 g/mol. The number of anilines is 1. The van der Waals surface area contributed by atoms with Crippen LogP contribution < -0.4 is 4.90 Å². The molecule has 0 aliphatic carbocycles. The van der Waals surface area contributed by atoms with E-state index in [2.05, 4.69) is 0 Å². The minimum Gasteiger partial charge on any atom is -0.462 e. The molecule has 0 atom stereocenters. The number of esters is 1. The number of hydrogen-bond acceptors (Lipinski definition) is 5. The molecule has 0 saturated carbocycles. The van der Waals surface area contributed by atoms with Crippen molar-refractivity contribution < 1.29 is 19.1 Å². The van der Waals surface area contributed by atoms with Crippen LogP contribution in [0.25, 0.3) is 5.57 Å². The Morgan fingerprint density at radius 2 is 1.47 bits per heavy atom. The second-order valence-corrected chi connectivity index (χ2v) is 8.20. The summed E-state index contributed by atoms with van der Waals surface area (Å²) in [4.78, 5) is 41.3. The number of nitrogens with zero attached hydrogens (tertiary/aromatic N) is 1. The number of hydrogen-bond donors (Lipinski definition) is 0. The fourth-order valence-corrected chi connectivity index (χ4v) is 4.34. The summed E-state index contributed by atoms with van der Waals surface area (Å²) in [5, 5.41) is 0. The first-order valence-corrected chi connectivity index (χ1v) is 11.1. The fraction of sp³-hybridized carbons (Fsp3) is 0.115. The Balaban J connectivity index is 1.68. The topological polar surface area (TPSA) is 63.7 Å². The highest BCUT2D eigenvalue weighted by atomic mass is 32.2. The van der Waals surface area contributed by atoms with Gasteiger partial charge in [-0.25, -0.2) is 9.69 Å². The van der Waals surface area contributed by atoms with Crippen molar-refractivity contribution in [3.8, 4) is 0 Å². The summed E-state index contributed by atoms with van der Waals surface area (Å²) < 4.78 is 5.15. The third kappa shape index (κ3) is 4.36. The van der Waals surface area contributed by atoms with Gasteiger partial charge in [0, 0.05) is 4.90 Å². The van der Waals surface area contributed by atoms with E-state index in [0.29, 0.717) is 33.9 Å². The van der Waals surface area contributed by atoms with Crippen molar-refractivity contribution in [1.29, 1.82) is 0 Å². The molecule has 2 amide bonds.